The first-order valence-corrected chi connectivity index (χ1v) is 16.2. The number of aromatic nitrogens is 1. The topological polar surface area (TPSA) is 76.7 Å². The van der Waals surface area contributed by atoms with Gasteiger partial charge in [0.2, 0.25) is 0 Å². The van der Waals surface area contributed by atoms with Crippen LogP contribution >= 0.6 is 11.8 Å². The zero-order valence-electron chi connectivity index (χ0n) is 25.7. The van der Waals surface area contributed by atoms with Crippen molar-refractivity contribution in [3.8, 4) is 5.75 Å². The summed E-state index contributed by atoms with van der Waals surface area (Å²) in [5.41, 5.74) is -0.223. The minimum absolute atomic E-state index is 0.0402. The Labute approximate surface area is 254 Å². The summed E-state index contributed by atoms with van der Waals surface area (Å²) in [4.78, 5) is 28.0. The summed E-state index contributed by atoms with van der Waals surface area (Å²) in [5.74, 6) is 0.960. The van der Waals surface area contributed by atoms with Crippen molar-refractivity contribution in [1.82, 2.24) is 0 Å². The molecule has 0 saturated heterocycles. The Bertz CT molecular complexity index is 1310. The molecule has 1 aromatic carbocycles. The standard InChI is InChI=1S/C35H46NO5S/c1-7-33(4)20-29(34(5)23(2)12-16-35(24(3)32(33)39)17-13-28(37)31(34)35)41-30(38)22-42-27-14-18-36(19-15-27)21-25-8-10-26(40-6)11-9-25/h7-11,14-15,18-19,23-24,29,31-32,39H,1,12-13,16-17,20-22H2,2-6H3/q+1/t23-,24+,29-,31+,32+,33-,34+,35+/m1/s1. The van der Waals surface area contributed by atoms with Gasteiger partial charge in [-0.3, -0.25) is 9.59 Å². The molecule has 3 aliphatic carbocycles. The van der Waals surface area contributed by atoms with Gasteiger partial charge in [0, 0.05) is 45.8 Å². The third kappa shape index (κ3) is 5.32. The number of benzene rings is 1. The van der Waals surface area contributed by atoms with E-state index in [1.54, 1.807) is 7.11 Å². The SMILES string of the molecule is C=C[C@]1(C)C[C@@H](OC(=O)CSc2cc[n+](Cc3ccc(OC)cc3)cc2)[C@]2(C)[C@H](C)CC[C@]3(CCC(=O)[C@H]32)[C@@H](C)[C@@H]1O. The lowest BCUT2D eigenvalue weighted by molar-refractivity contribution is -0.688. The van der Waals surface area contributed by atoms with Crippen molar-refractivity contribution in [3.63, 3.8) is 0 Å². The first kappa shape index (κ1) is 30.8. The normalized spacial score (nSPS) is 36.0. The monoisotopic (exact) mass is 592 g/mol. The van der Waals surface area contributed by atoms with Crippen LogP contribution in [0, 0.1) is 34.0 Å². The molecule has 0 spiro atoms. The van der Waals surface area contributed by atoms with Crippen molar-refractivity contribution in [2.75, 3.05) is 12.9 Å². The molecule has 0 aliphatic heterocycles. The smallest absolute Gasteiger partial charge is 0.316 e. The molecule has 226 valence electrons. The van der Waals surface area contributed by atoms with Crippen LogP contribution in [0.5, 0.6) is 5.75 Å². The lowest BCUT2D eigenvalue weighted by Crippen LogP contribution is -2.63. The van der Waals surface area contributed by atoms with Gasteiger partial charge in [-0.05, 0) is 67.2 Å². The molecule has 8 atom stereocenters. The summed E-state index contributed by atoms with van der Waals surface area (Å²) >= 11 is 1.45. The third-order valence-corrected chi connectivity index (χ3v) is 12.3. The minimum Gasteiger partial charge on any atom is -0.497 e. The molecule has 1 N–H and O–H groups in total. The number of ketones is 1. The number of pyridine rings is 1. The largest absolute Gasteiger partial charge is 0.497 e. The number of thioether (sulfide) groups is 1. The molecule has 42 heavy (non-hydrogen) atoms. The van der Waals surface area contributed by atoms with Gasteiger partial charge < -0.3 is 14.6 Å². The molecule has 0 amide bonds. The maximum atomic E-state index is 13.6. The number of hydrogen-bond acceptors (Lipinski definition) is 6. The fourth-order valence-corrected chi connectivity index (χ4v) is 9.09. The molecular weight excluding hydrogens is 546 g/mol. The maximum Gasteiger partial charge on any atom is 0.316 e. The molecule has 0 radical (unpaired) electrons. The summed E-state index contributed by atoms with van der Waals surface area (Å²) in [6, 6.07) is 12.0. The van der Waals surface area contributed by atoms with E-state index in [4.69, 9.17) is 9.47 Å². The van der Waals surface area contributed by atoms with Crippen LogP contribution in [0.15, 0.2) is 66.3 Å². The number of ether oxygens (including phenoxy) is 2. The van der Waals surface area contributed by atoms with Crippen molar-refractivity contribution >= 4 is 23.5 Å². The van der Waals surface area contributed by atoms with Gasteiger partial charge in [0.25, 0.3) is 0 Å². The van der Waals surface area contributed by atoms with Gasteiger partial charge in [0.05, 0.1) is 19.0 Å². The van der Waals surface area contributed by atoms with Crippen LogP contribution in [0.2, 0.25) is 0 Å². The fraction of sp³-hybridized carbons (Fsp3) is 0.571. The lowest BCUT2D eigenvalue weighted by Gasteiger charge is -2.61. The van der Waals surface area contributed by atoms with E-state index in [1.807, 2.05) is 61.8 Å². The van der Waals surface area contributed by atoms with Crippen LogP contribution in [0.4, 0.5) is 0 Å². The number of carbonyl (C=O) groups is 2. The Kier molecular flexibility index (Phi) is 8.66. The molecule has 2 aromatic rings. The highest BCUT2D eigenvalue weighted by Crippen LogP contribution is 2.68. The Morgan fingerprint density at radius 2 is 1.83 bits per heavy atom. The van der Waals surface area contributed by atoms with E-state index in [-0.39, 0.29) is 40.7 Å². The Hall–Kier alpha value is -2.64. The molecule has 2 bridgehead atoms. The maximum absolute atomic E-state index is 13.6. The summed E-state index contributed by atoms with van der Waals surface area (Å²) in [7, 11) is 1.66. The van der Waals surface area contributed by atoms with Crippen LogP contribution in [0.25, 0.3) is 0 Å². The van der Waals surface area contributed by atoms with Crippen molar-refractivity contribution in [1.29, 1.82) is 0 Å². The fourth-order valence-electron chi connectivity index (χ4n) is 8.42. The van der Waals surface area contributed by atoms with Crippen molar-refractivity contribution < 1.29 is 28.7 Å². The van der Waals surface area contributed by atoms with Gasteiger partial charge >= 0.3 is 5.97 Å². The number of rotatable bonds is 8. The number of methoxy groups -OCH3 is 1. The average Bonchev–Trinajstić information content (AvgIpc) is 3.35. The van der Waals surface area contributed by atoms with Gasteiger partial charge in [-0.15, -0.1) is 18.3 Å². The summed E-state index contributed by atoms with van der Waals surface area (Å²) < 4.78 is 13.7. The molecule has 5 rings (SSSR count). The molecule has 3 aliphatic rings. The zero-order chi connectivity index (χ0) is 30.3. The highest BCUT2D eigenvalue weighted by molar-refractivity contribution is 8.00. The van der Waals surface area contributed by atoms with Gasteiger partial charge in [0.1, 0.15) is 17.6 Å². The number of hydrogen-bond donors (Lipinski definition) is 1. The van der Waals surface area contributed by atoms with E-state index >= 15 is 0 Å². The molecule has 3 fully saturated rings. The second-order valence-corrected chi connectivity index (χ2v) is 14.5. The van der Waals surface area contributed by atoms with E-state index in [1.165, 1.54) is 17.3 Å². The van der Waals surface area contributed by atoms with E-state index < -0.39 is 23.0 Å². The Morgan fingerprint density at radius 3 is 2.48 bits per heavy atom. The first-order chi connectivity index (χ1) is 20.0. The van der Waals surface area contributed by atoms with Gasteiger partial charge in [-0.2, -0.15) is 0 Å². The number of nitrogens with zero attached hydrogens (tertiary/aromatic N) is 1. The third-order valence-electron chi connectivity index (χ3n) is 11.3. The van der Waals surface area contributed by atoms with Gasteiger partial charge in [-0.25, -0.2) is 4.57 Å². The highest BCUT2D eigenvalue weighted by Gasteiger charge is 2.68. The summed E-state index contributed by atoms with van der Waals surface area (Å²) in [6.07, 6.45) is 8.40. The van der Waals surface area contributed by atoms with Crippen LogP contribution in [-0.4, -0.2) is 41.9 Å². The number of carbonyl (C=O) groups excluding carboxylic acids is 2. The lowest BCUT2D eigenvalue weighted by atomic mass is 9.44. The predicted octanol–water partition coefficient (Wildman–Crippen LogP) is 6.03. The van der Waals surface area contributed by atoms with Crippen molar-refractivity contribution in [3.05, 3.63) is 67.0 Å². The van der Waals surface area contributed by atoms with Crippen LogP contribution in [0.1, 0.15) is 65.4 Å². The molecular formula is C35H46NO5S+. The van der Waals surface area contributed by atoms with E-state index in [0.717, 1.165) is 36.5 Å². The van der Waals surface area contributed by atoms with Crippen LogP contribution in [0.3, 0.4) is 0 Å². The van der Waals surface area contributed by atoms with E-state index in [0.29, 0.717) is 12.8 Å². The molecule has 1 aromatic heterocycles. The average molecular weight is 593 g/mol. The summed E-state index contributed by atoms with van der Waals surface area (Å²) in [6.45, 7) is 13.4. The predicted molar refractivity (Wildman–Crippen MR) is 164 cm³/mol. The quantitative estimate of drug-likeness (QED) is 0.175. The number of Topliss-reactive ketones (excluding diaryl/α,β-unsaturated/α-hetero) is 1. The van der Waals surface area contributed by atoms with Gasteiger partial charge in [0.15, 0.2) is 18.9 Å². The van der Waals surface area contributed by atoms with Crippen LogP contribution < -0.4 is 9.30 Å². The second kappa shape index (κ2) is 11.8. The molecule has 1 heterocycles. The molecule has 7 heteroatoms. The minimum atomic E-state index is -0.661. The first-order valence-electron chi connectivity index (χ1n) is 15.3. The summed E-state index contributed by atoms with van der Waals surface area (Å²) in [5, 5.41) is 11.7. The van der Waals surface area contributed by atoms with Crippen LogP contribution in [-0.2, 0) is 20.9 Å². The molecule has 0 unspecified atom stereocenters. The molecule has 6 nitrogen and oxygen atoms in total. The van der Waals surface area contributed by atoms with Crippen molar-refractivity contribution in [2.45, 2.75) is 83.4 Å². The number of aliphatic hydroxyl groups is 1. The van der Waals surface area contributed by atoms with E-state index in [9.17, 15) is 14.7 Å². The Balaban J connectivity index is 1.31. The Morgan fingerprint density at radius 1 is 1.14 bits per heavy atom. The van der Waals surface area contributed by atoms with E-state index in [2.05, 4.69) is 31.9 Å². The highest BCUT2D eigenvalue weighted by atomic mass is 32.2. The number of esters is 1. The number of aliphatic hydroxyl groups excluding tert-OH is 1. The van der Waals surface area contributed by atoms with Crippen molar-refractivity contribution in [2.24, 2.45) is 34.0 Å². The molecule has 3 saturated carbocycles. The van der Waals surface area contributed by atoms with Gasteiger partial charge in [-0.1, -0.05) is 33.8 Å². The zero-order valence-corrected chi connectivity index (χ0v) is 26.5. The second-order valence-electron chi connectivity index (χ2n) is 13.4.